The van der Waals surface area contributed by atoms with Crippen LogP contribution in [-0.2, 0) is 14.2 Å². The summed E-state index contributed by atoms with van der Waals surface area (Å²) in [5, 5.41) is 9.16. The highest BCUT2D eigenvalue weighted by molar-refractivity contribution is 5.62. The Labute approximate surface area is 189 Å². The molecule has 0 bridgehead atoms. The fourth-order valence-electron chi connectivity index (χ4n) is 3.15. The zero-order valence-corrected chi connectivity index (χ0v) is 20.6. The van der Waals surface area contributed by atoms with E-state index in [2.05, 4.69) is 51.9 Å². The van der Waals surface area contributed by atoms with E-state index in [4.69, 9.17) is 24.1 Å². The standard InChI is InChI=1S/C24H45N2O5/c1-7-13-29-17-18-31-15-9-25(8-14-30-16-11-26(4,5)10-12-27)23-19-21(2)22(3)20-24(23)28-6/h19-20,27H,7-18H2,1-6H3/q+1. The molecule has 0 heterocycles. The molecule has 0 aliphatic rings. The third-order valence-corrected chi connectivity index (χ3v) is 5.41. The van der Waals surface area contributed by atoms with Crippen LogP contribution in [0, 0.1) is 13.8 Å². The second-order valence-electron chi connectivity index (χ2n) is 8.54. The van der Waals surface area contributed by atoms with E-state index < -0.39 is 0 Å². The topological polar surface area (TPSA) is 60.4 Å². The summed E-state index contributed by atoms with van der Waals surface area (Å²) >= 11 is 0. The first-order valence-electron chi connectivity index (χ1n) is 11.4. The van der Waals surface area contributed by atoms with E-state index in [1.807, 2.05) is 0 Å². The number of ether oxygens (including phenoxy) is 4. The Kier molecular flexibility index (Phi) is 13.8. The fraction of sp³-hybridized carbons (Fsp3) is 0.750. The SMILES string of the molecule is CCCOCCOCCN(CCOCC[N+](C)(C)CCO)c1cc(C)c(C)cc1OC. The second kappa shape index (κ2) is 15.4. The molecule has 0 unspecified atom stereocenters. The molecular formula is C24H45N2O5+. The summed E-state index contributed by atoms with van der Waals surface area (Å²) in [6.45, 7) is 13.5. The zero-order valence-electron chi connectivity index (χ0n) is 20.6. The number of anilines is 1. The van der Waals surface area contributed by atoms with E-state index >= 15 is 0 Å². The molecule has 0 aliphatic carbocycles. The van der Waals surface area contributed by atoms with Crippen molar-refractivity contribution in [1.82, 2.24) is 0 Å². The Hall–Kier alpha value is -1.38. The number of methoxy groups -OCH3 is 1. The maximum atomic E-state index is 9.16. The van der Waals surface area contributed by atoms with Gasteiger partial charge in [0.2, 0.25) is 0 Å². The minimum Gasteiger partial charge on any atom is -0.495 e. The lowest BCUT2D eigenvalue weighted by molar-refractivity contribution is -0.891. The zero-order chi connectivity index (χ0) is 23.1. The Bertz CT molecular complexity index is 610. The predicted molar refractivity (Wildman–Crippen MR) is 126 cm³/mol. The molecule has 0 atom stereocenters. The summed E-state index contributed by atoms with van der Waals surface area (Å²) in [6.07, 6.45) is 1.02. The van der Waals surface area contributed by atoms with Gasteiger partial charge >= 0.3 is 0 Å². The molecule has 1 N–H and O–H groups in total. The number of hydrogen-bond donors (Lipinski definition) is 1. The van der Waals surface area contributed by atoms with E-state index in [0.29, 0.717) is 33.0 Å². The van der Waals surface area contributed by atoms with Crippen LogP contribution in [0.3, 0.4) is 0 Å². The maximum absolute atomic E-state index is 9.16. The van der Waals surface area contributed by atoms with Crippen molar-refractivity contribution in [3.63, 3.8) is 0 Å². The molecule has 0 saturated carbocycles. The number of rotatable bonds is 18. The highest BCUT2D eigenvalue weighted by Gasteiger charge is 2.16. The highest BCUT2D eigenvalue weighted by Crippen LogP contribution is 2.31. The molecule has 1 aromatic carbocycles. The Morgan fingerprint density at radius 1 is 0.839 bits per heavy atom. The van der Waals surface area contributed by atoms with Gasteiger partial charge in [-0.25, -0.2) is 0 Å². The van der Waals surface area contributed by atoms with Crippen LogP contribution in [0.2, 0.25) is 0 Å². The largest absolute Gasteiger partial charge is 0.495 e. The van der Waals surface area contributed by atoms with Gasteiger partial charge in [0.15, 0.2) is 0 Å². The van der Waals surface area contributed by atoms with Gasteiger partial charge in [0, 0.05) is 19.7 Å². The third kappa shape index (κ3) is 11.2. The Morgan fingerprint density at radius 3 is 2.00 bits per heavy atom. The monoisotopic (exact) mass is 441 g/mol. The summed E-state index contributed by atoms with van der Waals surface area (Å²) in [4.78, 5) is 2.27. The van der Waals surface area contributed by atoms with Crippen LogP contribution in [0.15, 0.2) is 12.1 Å². The average Bonchev–Trinajstić information content (AvgIpc) is 2.73. The lowest BCUT2D eigenvalue weighted by Gasteiger charge is -2.29. The van der Waals surface area contributed by atoms with Gasteiger partial charge in [-0.3, -0.25) is 0 Å². The van der Waals surface area contributed by atoms with Crippen molar-refractivity contribution in [2.75, 3.05) is 98.5 Å². The van der Waals surface area contributed by atoms with Crippen molar-refractivity contribution in [2.24, 2.45) is 0 Å². The maximum Gasteiger partial charge on any atom is 0.142 e. The van der Waals surface area contributed by atoms with Crippen molar-refractivity contribution in [3.8, 4) is 5.75 Å². The number of aliphatic hydroxyl groups excluding tert-OH is 1. The van der Waals surface area contributed by atoms with E-state index in [9.17, 15) is 0 Å². The Morgan fingerprint density at radius 2 is 1.42 bits per heavy atom. The van der Waals surface area contributed by atoms with Crippen LogP contribution in [0.5, 0.6) is 5.75 Å². The van der Waals surface area contributed by atoms with Crippen molar-refractivity contribution in [1.29, 1.82) is 0 Å². The lowest BCUT2D eigenvalue weighted by Crippen LogP contribution is -2.44. The molecule has 0 spiro atoms. The van der Waals surface area contributed by atoms with Crippen molar-refractivity contribution in [2.45, 2.75) is 27.2 Å². The molecule has 180 valence electrons. The smallest absolute Gasteiger partial charge is 0.142 e. The van der Waals surface area contributed by atoms with Crippen LogP contribution in [0.25, 0.3) is 0 Å². The molecule has 0 amide bonds. The number of likely N-dealkylation sites (N-methyl/N-ethyl adjacent to an activating group) is 1. The Balaban J connectivity index is 2.64. The van der Waals surface area contributed by atoms with Crippen molar-refractivity contribution >= 4 is 5.69 Å². The molecule has 31 heavy (non-hydrogen) atoms. The first-order chi connectivity index (χ1) is 14.8. The second-order valence-corrected chi connectivity index (χ2v) is 8.54. The molecule has 7 nitrogen and oxygen atoms in total. The number of nitrogens with zero attached hydrogens (tertiary/aromatic N) is 2. The molecule has 0 saturated heterocycles. The molecule has 0 aliphatic heterocycles. The van der Waals surface area contributed by atoms with Gasteiger partial charge in [-0.05, 0) is 43.5 Å². The summed E-state index contributed by atoms with van der Waals surface area (Å²) < 4.78 is 23.6. The number of benzene rings is 1. The lowest BCUT2D eigenvalue weighted by atomic mass is 10.1. The normalized spacial score (nSPS) is 11.7. The quantitative estimate of drug-likeness (QED) is 0.279. The molecule has 7 heteroatoms. The van der Waals surface area contributed by atoms with E-state index in [-0.39, 0.29) is 6.61 Å². The van der Waals surface area contributed by atoms with Gasteiger partial charge < -0.3 is 33.4 Å². The van der Waals surface area contributed by atoms with Crippen molar-refractivity contribution in [3.05, 3.63) is 23.3 Å². The number of aliphatic hydroxyl groups is 1. The van der Waals surface area contributed by atoms with Gasteiger partial charge in [-0.1, -0.05) is 6.92 Å². The molecule has 0 fully saturated rings. The van der Waals surface area contributed by atoms with E-state index in [0.717, 1.165) is 55.1 Å². The fourth-order valence-corrected chi connectivity index (χ4v) is 3.15. The number of quaternary nitrogens is 1. The third-order valence-electron chi connectivity index (χ3n) is 5.41. The molecule has 1 aromatic rings. The molecule has 1 rings (SSSR count). The summed E-state index contributed by atoms with van der Waals surface area (Å²) in [5.74, 6) is 0.870. The summed E-state index contributed by atoms with van der Waals surface area (Å²) in [5.41, 5.74) is 3.51. The van der Waals surface area contributed by atoms with Crippen LogP contribution in [-0.4, -0.2) is 103 Å². The minimum atomic E-state index is 0.191. The average molecular weight is 442 g/mol. The molecule has 0 radical (unpaired) electrons. The molecular weight excluding hydrogens is 396 g/mol. The highest BCUT2D eigenvalue weighted by atomic mass is 16.5. The van der Waals surface area contributed by atoms with Crippen LogP contribution in [0.4, 0.5) is 5.69 Å². The summed E-state index contributed by atoms with van der Waals surface area (Å²) in [7, 11) is 5.92. The summed E-state index contributed by atoms with van der Waals surface area (Å²) in [6, 6.07) is 4.27. The van der Waals surface area contributed by atoms with E-state index in [1.165, 1.54) is 11.1 Å². The number of hydrogen-bond acceptors (Lipinski definition) is 6. The minimum absolute atomic E-state index is 0.191. The first-order valence-corrected chi connectivity index (χ1v) is 11.4. The predicted octanol–water partition coefficient (Wildman–Crippen LogP) is 2.65. The van der Waals surface area contributed by atoms with Gasteiger partial charge in [0.1, 0.15) is 18.8 Å². The van der Waals surface area contributed by atoms with Crippen LogP contribution < -0.4 is 9.64 Å². The van der Waals surface area contributed by atoms with Gasteiger partial charge in [0.25, 0.3) is 0 Å². The van der Waals surface area contributed by atoms with E-state index in [1.54, 1.807) is 7.11 Å². The van der Waals surface area contributed by atoms with Crippen LogP contribution >= 0.6 is 0 Å². The van der Waals surface area contributed by atoms with Gasteiger partial charge in [0.05, 0.1) is 66.5 Å². The van der Waals surface area contributed by atoms with Crippen molar-refractivity contribution < 1.29 is 28.5 Å². The van der Waals surface area contributed by atoms with Crippen LogP contribution in [0.1, 0.15) is 24.5 Å². The van der Waals surface area contributed by atoms with Gasteiger partial charge in [-0.15, -0.1) is 0 Å². The molecule has 0 aromatic heterocycles. The van der Waals surface area contributed by atoms with Gasteiger partial charge in [-0.2, -0.15) is 0 Å². The first kappa shape index (κ1) is 27.7. The number of aryl methyl sites for hydroxylation is 2.